The number of ether oxygens (including phenoxy) is 1. The molecule has 0 saturated carbocycles. The van der Waals surface area contributed by atoms with Gasteiger partial charge >= 0.3 is 6.09 Å². The van der Waals surface area contributed by atoms with Crippen LogP contribution >= 0.6 is 0 Å². The number of carbonyl (C=O) groups excluding carboxylic acids is 2. The molecule has 3 aromatic carbocycles. The third kappa shape index (κ3) is 3.96. The van der Waals surface area contributed by atoms with E-state index in [2.05, 4.69) is 15.4 Å². The second-order valence-corrected chi connectivity index (χ2v) is 9.29. The number of halogens is 1. The molecule has 2 N–H and O–H groups in total. The van der Waals surface area contributed by atoms with Gasteiger partial charge in [0.2, 0.25) is 0 Å². The topological polar surface area (TPSA) is 109 Å². The lowest BCUT2D eigenvalue weighted by Gasteiger charge is -2.49. The van der Waals surface area contributed by atoms with Gasteiger partial charge in [0.15, 0.2) is 5.69 Å². The summed E-state index contributed by atoms with van der Waals surface area (Å²) in [5.74, 6) is -0.949. The zero-order valence-electron chi connectivity index (χ0n) is 20.3. The largest absolute Gasteiger partial charge is 0.453 e. The Hall–Kier alpha value is -4.99. The molecule has 2 amide bonds. The fourth-order valence-electron chi connectivity index (χ4n) is 4.87. The summed E-state index contributed by atoms with van der Waals surface area (Å²) in [6.07, 6.45) is 1.13. The number of fused-ring (bicyclic) bond motifs is 2. The molecule has 1 saturated heterocycles. The fraction of sp³-hybridized carbons (Fsp3) is 0.143. The molecule has 38 heavy (non-hydrogen) atoms. The molecule has 0 aliphatic carbocycles. The Bertz CT molecular complexity index is 1770. The van der Waals surface area contributed by atoms with E-state index < -0.39 is 28.9 Å². The van der Waals surface area contributed by atoms with Crippen LogP contribution in [0.1, 0.15) is 16.1 Å². The molecule has 190 valence electrons. The molecular formula is C28H22FN5O4. The number of hydrogen-bond acceptors (Lipinski definition) is 5. The van der Waals surface area contributed by atoms with Crippen molar-refractivity contribution in [2.75, 3.05) is 20.2 Å². The first-order chi connectivity index (χ1) is 18.3. The zero-order chi connectivity index (χ0) is 26.4. The minimum absolute atomic E-state index is 0.0316. The van der Waals surface area contributed by atoms with Gasteiger partial charge in [-0.05, 0) is 34.5 Å². The third-order valence-electron chi connectivity index (χ3n) is 6.87. The first-order valence-electron chi connectivity index (χ1n) is 11.9. The van der Waals surface area contributed by atoms with Crippen LogP contribution in [0.3, 0.4) is 0 Å². The van der Waals surface area contributed by atoms with Crippen LogP contribution in [0.2, 0.25) is 0 Å². The van der Waals surface area contributed by atoms with Gasteiger partial charge < -0.3 is 19.9 Å². The number of aromatic amines is 1. The number of amides is 2. The Kier molecular flexibility index (Phi) is 5.45. The molecule has 5 aromatic rings. The number of nitrogens with one attached hydrogen (secondary N) is 2. The average molecular weight is 512 g/mol. The van der Waals surface area contributed by atoms with Gasteiger partial charge in [-0.25, -0.2) is 13.7 Å². The summed E-state index contributed by atoms with van der Waals surface area (Å²) in [5.41, 5.74) is 0.876. The van der Waals surface area contributed by atoms with Crippen LogP contribution in [0.5, 0.6) is 0 Å². The molecule has 10 heteroatoms. The number of carbonyl (C=O) groups is 2. The average Bonchev–Trinajstić information content (AvgIpc) is 3.35. The molecule has 9 nitrogen and oxygen atoms in total. The normalized spacial score (nSPS) is 14.3. The maximum Gasteiger partial charge on any atom is 0.409 e. The Morgan fingerprint density at radius 1 is 1.03 bits per heavy atom. The van der Waals surface area contributed by atoms with E-state index in [-0.39, 0.29) is 24.3 Å². The highest BCUT2D eigenvalue weighted by Gasteiger charge is 2.48. The quantitative estimate of drug-likeness (QED) is 0.383. The monoisotopic (exact) mass is 511 g/mol. The number of rotatable bonds is 4. The van der Waals surface area contributed by atoms with Crippen molar-refractivity contribution >= 4 is 28.3 Å². The van der Waals surface area contributed by atoms with Gasteiger partial charge in [0.1, 0.15) is 16.9 Å². The molecule has 0 bridgehead atoms. The van der Waals surface area contributed by atoms with Crippen LogP contribution in [0.25, 0.3) is 27.5 Å². The van der Waals surface area contributed by atoms with Crippen molar-refractivity contribution < 1.29 is 18.7 Å². The van der Waals surface area contributed by atoms with Crippen molar-refractivity contribution in [1.82, 2.24) is 24.8 Å². The van der Waals surface area contributed by atoms with Crippen LogP contribution < -0.4 is 10.9 Å². The molecule has 0 unspecified atom stereocenters. The van der Waals surface area contributed by atoms with E-state index in [1.165, 1.54) is 34.7 Å². The SMILES string of the molecule is COC(=O)N1CC(NC(=O)c2cc3c(=O)[nH]c(-c4ccc5ccccc5c4)cn3n2)(c2ccc(F)cc2)C1. The van der Waals surface area contributed by atoms with E-state index in [1.54, 1.807) is 18.3 Å². The number of likely N-dealkylation sites (tertiary alicyclic amines) is 1. The first kappa shape index (κ1) is 23.4. The van der Waals surface area contributed by atoms with E-state index in [9.17, 15) is 18.8 Å². The number of nitrogens with zero attached hydrogens (tertiary/aromatic N) is 3. The van der Waals surface area contributed by atoms with Crippen molar-refractivity contribution in [1.29, 1.82) is 0 Å². The van der Waals surface area contributed by atoms with E-state index in [1.807, 2.05) is 42.5 Å². The molecule has 0 spiro atoms. The highest BCUT2D eigenvalue weighted by Crippen LogP contribution is 2.33. The molecule has 0 radical (unpaired) electrons. The summed E-state index contributed by atoms with van der Waals surface area (Å²) in [6.45, 7) is 0.272. The predicted octanol–water partition coefficient (Wildman–Crippen LogP) is 3.69. The summed E-state index contributed by atoms with van der Waals surface area (Å²) >= 11 is 0. The molecule has 6 rings (SSSR count). The Morgan fingerprint density at radius 2 is 1.76 bits per heavy atom. The van der Waals surface area contributed by atoms with Gasteiger partial charge in [-0.2, -0.15) is 5.10 Å². The van der Waals surface area contributed by atoms with Crippen molar-refractivity contribution in [3.63, 3.8) is 0 Å². The number of hydrogen-bond donors (Lipinski definition) is 2. The summed E-state index contributed by atoms with van der Waals surface area (Å²) in [5, 5.41) is 9.41. The van der Waals surface area contributed by atoms with Crippen LogP contribution in [-0.2, 0) is 10.3 Å². The van der Waals surface area contributed by atoms with Crippen LogP contribution in [-0.4, -0.2) is 51.7 Å². The van der Waals surface area contributed by atoms with Crippen LogP contribution in [0.4, 0.5) is 9.18 Å². The molecular weight excluding hydrogens is 489 g/mol. The molecule has 3 heterocycles. The second-order valence-electron chi connectivity index (χ2n) is 9.29. The van der Waals surface area contributed by atoms with Crippen molar-refractivity contribution in [2.45, 2.75) is 5.54 Å². The maximum absolute atomic E-state index is 13.6. The second kappa shape index (κ2) is 8.84. The minimum Gasteiger partial charge on any atom is -0.453 e. The van der Waals surface area contributed by atoms with Gasteiger partial charge in [-0.3, -0.25) is 9.59 Å². The summed E-state index contributed by atoms with van der Waals surface area (Å²) in [7, 11) is 1.28. The third-order valence-corrected chi connectivity index (χ3v) is 6.87. The Morgan fingerprint density at radius 3 is 2.50 bits per heavy atom. The van der Waals surface area contributed by atoms with Crippen molar-refractivity contribution in [3.05, 3.63) is 106 Å². The maximum atomic E-state index is 13.6. The van der Waals surface area contributed by atoms with E-state index in [4.69, 9.17) is 4.74 Å². The van der Waals surface area contributed by atoms with Crippen LogP contribution in [0, 0.1) is 5.82 Å². The van der Waals surface area contributed by atoms with Crippen molar-refractivity contribution in [3.8, 4) is 11.3 Å². The number of aromatic nitrogens is 3. The highest BCUT2D eigenvalue weighted by molar-refractivity contribution is 5.94. The smallest absolute Gasteiger partial charge is 0.409 e. The first-order valence-corrected chi connectivity index (χ1v) is 11.9. The summed E-state index contributed by atoms with van der Waals surface area (Å²) in [4.78, 5) is 42.5. The zero-order valence-corrected chi connectivity index (χ0v) is 20.3. The Balaban J connectivity index is 1.32. The van der Waals surface area contributed by atoms with Crippen molar-refractivity contribution in [2.24, 2.45) is 0 Å². The molecule has 0 atom stereocenters. The van der Waals surface area contributed by atoms with E-state index in [0.717, 1.165) is 16.3 Å². The minimum atomic E-state index is -0.961. The molecule has 1 fully saturated rings. The van der Waals surface area contributed by atoms with Gasteiger partial charge in [0.25, 0.3) is 11.5 Å². The predicted molar refractivity (Wildman–Crippen MR) is 138 cm³/mol. The molecule has 1 aliphatic heterocycles. The van der Waals surface area contributed by atoms with E-state index in [0.29, 0.717) is 11.3 Å². The summed E-state index contributed by atoms with van der Waals surface area (Å²) in [6, 6.07) is 20.9. The van der Waals surface area contributed by atoms with Gasteiger partial charge in [-0.1, -0.05) is 48.5 Å². The fourth-order valence-corrected chi connectivity index (χ4v) is 4.87. The standard InChI is InChI=1S/C28H22FN5O4/c1-38-27(37)33-15-28(16-33,20-8-10-21(29)11-9-20)31-25(35)22-13-24-26(36)30-23(14-34(24)32-22)19-7-6-17-4-2-3-5-18(17)12-19/h2-14H,15-16H2,1H3,(H,30,36)(H,31,35). The van der Waals surface area contributed by atoms with Gasteiger partial charge in [-0.15, -0.1) is 0 Å². The van der Waals surface area contributed by atoms with Crippen LogP contribution in [0.15, 0.2) is 83.8 Å². The van der Waals surface area contributed by atoms with Gasteiger partial charge in [0, 0.05) is 11.6 Å². The Labute approximate surface area is 215 Å². The van der Waals surface area contributed by atoms with E-state index >= 15 is 0 Å². The summed E-state index contributed by atoms with van der Waals surface area (Å²) < 4.78 is 19.7. The van der Waals surface area contributed by atoms with Gasteiger partial charge in [0.05, 0.1) is 32.1 Å². The highest BCUT2D eigenvalue weighted by atomic mass is 19.1. The lowest BCUT2D eigenvalue weighted by Crippen LogP contribution is -2.69. The number of benzene rings is 3. The lowest BCUT2D eigenvalue weighted by atomic mass is 9.82. The molecule has 1 aliphatic rings. The lowest BCUT2D eigenvalue weighted by molar-refractivity contribution is 0.0289. The number of H-pyrrole nitrogens is 1. The number of methoxy groups -OCH3 is 1. The molecule has 2 aromatic heterocycles.